The van der Waals surface area contributed by atoms with Crippen molar-refractivity contribution < 1.29 is 4.74 Å². The van der Waals surface area contributed by atoms with Gasteiger partial charge in [-0.25, -0.2) is 0 Å². The Morgan fingerprint density at radius 2 is 1.74 bits per heavy atom. The summed E-state index contributed by atoms with van der Waals surface area (Å²) in [5.74, 6) is 0.419. The molecule has 0 aliphatic carbocycles. The predicted molar refractivity (Wildman–Crippen MR) is 71.7 cm³/mol. The standard InChI is InChI=1S/C15H9ClN2O/c16-14-6-5-12(9-18)15(7-14)19-10-13-4-2-1-3-11(13)8-17/h1-7H,10H2. The highest BCUT2D eigenvalue weighted by atomic mass is 35.5. The largest absolute Gasteiger partial charge is 0.487 e. The Hall–Kier alpha value is -2.49. The van der Waals surface area contributed by atoms with E-state index in [0.717, 1.165) is 5.56 Å². The van der Waals surface area contributed by atoms with E-state index in [9.17, 15) is 0 Å². The van der Waals surface area contributed by atoms with E-state index in [2.05, 4.69) is 6.07 Å². The zero-order valence-corrected chi connectivity index (χ0v) is 10.7. The van der Waals surface area contributed by atoms with Crippen molar-refractivity contribution in [2.75, 3.05) is 0 Å². The van der Waals surface area contributed by atoms with Crippen LogP contribution in [0.25, 0.3) is 0 Å². The lowest BCUT2D eigenvalue weighted by molar-refractivity contribution is 0.305. The Balaban J connectivity index is 2.22. The Labute approximate surface area is 116 Å². The second-order valence-corrected chi connectivity index (χ2v) is 4.25. The molecule has 0 N–H and O–H groups in total. The maximum absolute atomic E-state index is 8.98. The highest BCUT2D eigenvalue weighted by Crippen LogP contribution is 2.24. The molecule has 2 aromatic carbocycles. The predicted octanol–water partition coefficient (Wildman–Crippen LogP) is 3.66. The molecule has 0 bridgehead atoms. The Bertz CT molecular complexity index is 683. The Morgan fingerprint density at radius 3 is 2.47 bits per heavy atom. The topological polar surface area (TPSA) is 56.8 Å². The van der Waals surface area contributed by atoms with Crippen LogP contribution in [-0.4, -0.2) is 0 Å². The number of halogens is 1. The number of nitrogens with zero attached hydrogens (tertiary/aromatic N) is 2. The fraction of sp³-hybridized carbons (Fsp3) is 0.0667. The molecule has 3 nitrogen and oxygen atoms in total. The quantitative estimate of drug-likeness (QED) is 0.853. The van der Waals surface area contributed by atoms with E-state index in [4.69, 9.17) is 26.9 Å². The lowest BCUT2D eigenvalue weighted by Gasteiger charge is -2.09. The summed E-state index contributed by atoms with van der Waals surface area (Å²) >= 11 is 5.87. The maximum Gasteiger partial charge on any atom is 0.139 e. The van der Waals surface area contributed by atoms with Gasteiger partial charge in [0, 0.05) is 16.7 Å². The van der Waals surface area contributed by atoms with Gasteiger partial charge in [-0.15, -0.1) is 0 Å². The molecule has 0 spiro atoms. The molecule has 0 saturated heterocycles. The van der Waals surface area contributed by atoms with Crippen LogP contribution in [0, 0.1) is 22.7 Å². The third-order valence-corrected chi connectivity index (χ3v) is 2.82. The zero-order valence-electron chi connectivity index (χ0n) is 9.93. The van der Waals surface area contributed by atoms with Gasteiger partial charge in [-0.2, -0.15) is 10.5 Å². The first kappa shape index (κ1) is 13.0. The monoisotopic (exact) mass is 268 g/mol. The molecule has 0 saturated carbocycles. The average molecular weight is 269 g/mol. The van der Waals surface area contributed by atoms with Crippen LogP contribution in [0.3, 0.4) is 0 Å². The first-order chi connectivity index (χ1) is 9.24. The summed E-state index contributed by atoms with van der Waals surface area (Å²) in [6, 6.07) is 16.1. The van der Waals surface area contributed by atoms with Crippen LogP contribution in [0.2, 0.25) is 5.02 Å². The molecule has 92 valence electrons. The molecule has 0 aromatic heterocycles. The molecular formula is C15H9ClN2O. The normalized spacial score (nSPS) is 9.42. The van der Waals surface area contributed by atoms with Gasteiger partial charge in [0.15, 0.2) is 0 Å². The van der Waals surface area contributed by atoms with Crippen molar-refractivity contribution in [3.8, 4) is 17.9 Å². The van der Waals surface area contributed by atoms with Crippen LogP contribution in [0.15, 0.2) is 42.5 Å². The van der Waals surface area contributed by atoms with E-state index >= 15 is 0 Å². The number of ether oxygens (including phenoxy) is 1. The van der Waals surface area contributed by atoms with E-state index in [1.54, 1.807) is 30.3 Å². The second-order valence-electron chi connectivity index (χ2n) is 3.81. The van der Waals surface area contributed by atoms with E-state index in [1.807, 2.05) is 18.2 Å². The zero-order chi connectivity index (χ0) is 13.7. The molecule has 0 radical (unpaired) electrons. The molecule has 0 atom stereocenters. The molecule has 0 heterocycles. The number of benzene rings is 2. The van der Waals surface area contributed by atoms with Gasteiger partial charge in [0.05, 0.1) is 17.2 Å². The minimum Gasteiger partial charge on any atom is -0.487 e. The summed E-state index contributed by atoms with van der Waals surface area (Å²) in [5, 5.41) is 18.5. The van der Waals surface area contributed by atoms with E-state index in [-0.39, 0.29) is 6.61 Å². The molecule has 0 fully saturated rings. The van der Waals surface area contributed by atoms with Gasteiger partial charge < -0.3 is 4.74 Å². The van der Waals surface area contributed by atoms with E-state index in [1.165, 1.54) is 0 Å². The van der Waals surface area contributed by atoms with Crippen molar-refractivity contribution in [2.24, 2.45) is 0 Å². The van der Waals surface area contributed by atoms with Crippen LogP contribution in [0.5, 0.6) is 5.75 Å². The molecule has 2 aromatic rings. The highest BCUT2D eigenvalue weighted by molar-refractivity contribution is 6.30. The number of hydrogen-bond acceptors (Lipinski definition) is 3. The van der Waals surface area contributed by atoms with Crippen LogP contribution >= 0.6 is 11.6 Å². The maximum atomic E-state index is 8.98. The fourth-order valence-electron chi connectivity index (χ4n) is 1.62. The van der Waals surface area contributed by atoms with Gasteiger partial charge >= 0.3 is 0 Å². The van der Waals surface area contributed by atoms with Gasteiger partial charge in [0.25, 0.3) is 0 Å². The molecule has 0 aliphatic heterocycles. The van der Waals surface area contributed by atoms with Crippen LogP contribution in [0.1, 0.15) is 16.7 Å². The molecule has 2 rings (SSSR count). The van der Waals surface area contributed by atoms with Crippen molar-refractivity contribution in [1.82, 2.24) is 0 Å². The van der Waals surface area contributed by atoms with Gasteiger partial charge in [0.1, 0.15) is 18.4 Å². The number of rotatable bonds is 3. The summed E-state index contributed by atoms with van der Waals surface area (Å²) in [7, 11) is 0. The lowest BCUT2D eigenvalue weighted by Crippen LogP contribution is -1.99. The smallest absolute Gasteiger partial charge is 0.139 e. The summed E-state index contributed by atoms with van der Waals surface area (Å²) in [6.45, 7) is 0.221. The minimum atomic E-state index is 0.221. The van der Waals surface area contributed by atoms with Crippen LogP contribution in [0.4, 0.5) is 0 Å². The Morgan fingerprint density at radius 1 is 1.00 bits per heavy atom. The fourth-order valence-corrected chi connectivity index (χ4v) is 1.78. The molecule has 19 heavy (non-hydrogen) atoms. The first-order valence-electron chi connectivity index (χ1n) is 5.55. The number of hydrogen-bond donors (Lipinski definition) is 0. The van der Waals surface area contributed by atoms with E-state index in [0.29, 0.717) is 21.9 Å². The molecule has 4 heteroatoms. The van der Waals surface area contributed by atoms with Gasteiger partial charge in [-0.3, -0.25) is 0 Å². The van der Waals surface area contributed by atoms with Crippen LogP contribution in [-0.2, 0) is 6.61 Å². The first-order valence-corrected chi connectivity index (χ1v) is 5.93. The Kier molecular flexibility index (Phi) is 4.03. The molecular weight excluding hydrogens is 260 g/mol. The lowest BCUT2D eigenvalue weighted by atomic mass is 10.1. The molecule has 0 amide bonds. The van der Waals surface area contributed by atoms with E-state index < -0.39 is 0 Å². The second kappa shape index (κ2) is 5.91. The SMILES string of the molecule is N#Cc1ccccc1COc1cc(Cl)ccc1C#N. The van der Waals surface area contributed by atoms with Gasteiger partial charge in [-0.1, -0.05) is 29.8 Å². The summed E-state index contributed by atoms with van der Waals surface area (Å²) in [5.41, 5.74) is 1.75. The summed E-state index contributed by atoms with van der Waals surface area (Å²) in [6.07, 6.45) is 0. The average Bonchev–Trinajstić information content (AvgIpc) is 2.45. The summed E-state index contributed by atoms with van der Waals surface area (Å²) < 4.78 is 5.58. The van der Waals surface area contributed by atoms with Crippen molar-refractivity contribution in [3.63, 3.8) is 0 Å². The van der Waals surface area contributed by atoms with Gasteiger partial charge in [0.2, 0.25) is 0 Å². The van der Waals surface area contributed by atoms with Crippen molar-refractivity contribution in [2.45, 2.75) is 6.61 Å². The minimum absolute atomic E-state index is 0.221. The van der Waals surface area contributed by atoms with Crippen molar-refractivity contribution in [1.29, 1.82) is 10.5 Å². The number of nitriles is 2. The molecule has 0 unspecified atom stereocenters. The third-order valence-electron chi connectivity index (χ3n) is 2.59. The van der Waals surface area contributed by atoms with Crippen molar-refractivity contribution >= 4 is 11.6 Å². The molecule has 0 aliphatic rings. The highest BCUT2D eigenvalue weighted by Gasteiger charge is 2.06. The van der Waals surface area contributed by atoms with Crippen LogP contribution < -0.4 is 4.74 Å². The van der Waals surface area contributed by atoms with Crippen molar-refractivity contribution in [3.05, 3.63) is 64.2 Å². The van der Waals surface area contributed by atoms with Gasteiger partial charge in [-0.05, 0) is 18.2 Å². The third kappa shape index (κ3) is 3.04. The summed E-state index contributed by atoms with van der Waals surface area (Å²) in [4.78, 5) is 0.